The molecular formula is C22H26N4O2S2. The van der Waals surface area contributed by atoms with E-state index >= 15 is 0 Å². The van der Waals surface area contributed by atoms with Gasteiger partial charge in [-0.3, -0.25) is 9.36 Å². The summed E-state index contributed by atoms with van der Waals surface area (Å²) in [5, 5.41) is 11.7. The maximum Gasteiger partial charge on any atom is 0.237 e. The van der Waals surface area contributed by atoms with Crippen molar-refractivity contribution in [1.82, 2.24) is 14.8 Å². The van der Waals surface area contributed by atoms with Gasteiger partial charge >= 0.3 is 0 Å². The Morgan fingerprint density at radius 2 is 2.10 bits per heavy atom. The van der Waals surface area contributed by atoms with Crippen LogP contribution in [0.5, 0.6) is 0 Å². The molecule has 1 aliphatic heterocycles. The van der Waals surface area contributed by atoms with E-state index < -0.39 is 0 Å². The molecule has 0 N–H and O–H groups in total. The largest absolute Gasteiger partial charge is 0.376 e. The molecule has 1 fully saturated rings. The van der Waals surface area contributed by atoms with Gasteiger partial charge in [-0.05, 0) is 50.3 Å². The second-order valence-electron chi connectivity index (χ2n) is 7.51. The van der Waals surface area contributed by atoms with Crippen molar-refractivity contribution in [3.63, 3.8) is 0 Å². The lowest BCUT2D eigenvalue weighted by Gasteiger charge is -2.26. The third-order valence-corrected chi connectivity index (χ3v) is 6.83. The van der Waals surface area contributed by atoms with Gasteiger partial charge in [0.15, 0.2) is 11.0 Å². The number of amides is 1. The number of anilines is 1. The summed E-state index contributed by atoms with van der Waals surface area (Å²) in [6.45, 7) is 5.58. The Morgan fingerprint density at radius 3 is 2.77 bits per heavy atom. The van der Waals surface area contributed by atoms with Crippen LogP contribution < -0.4 is 4.90 Å². The Hall–Kier alpha value is -2.16. The average molecular weight is 443 g/mol. The van der Waals surface area contributed by atoms with E-state index in [9.17, 15) is 4.79 Å². The van der Waals surface area contributed by atoms with E-state index in [0.717, 1.165) is 41.0 Å². The highest BCUT2D eigenvalue weighted by Gasteiger charge is 2.24. The van der Waals surface area contributed by atoms with Gasteiger partial charge in [-0.1, -0.05) is 36.0 Å². The molecule has 3 aromatic rings. The summed E-state index contributed by atoms with van der Waals surface area (Å²) < 4.78 is 7.96. The van der Waals surface area contributed by atoms with Gasteiger partial charge in [-0.15, -0.1) is 21.5 Å². The lowest BCUT2D eigenvalue weighted by Crippen LogP contribution is -2.38. The molecule has 8 heteroatoms. The standard InChI is InChI=1S/C22H26N4O2S2/c1-16(2)26(17-8-4-3-5-9-17)20(27)15-30-22-24-23-21(19-11-7-13-29-19)25(22)14-18-10-6-12-28-18/h3-5,7-9,11,13,16,18H,6,10,12,14-15H2,1-2H3/t18-/m1/s1. The van der Waals surface area contributed by atoms with E-state index in [4.69, 9.17) is 4.74 Å². The molecule has 0 radical (unpaired) electrons. The van der Waals surface area contributed by atoms with Crippen LogP contribution in [0.15, 0.2) is 53.0 Å². The number of aromatic nitrogens is 3. The molecule has 0 aliphatic carbocycles. The van der Waals surface area contributed by atoms with Gasteiger partial charge in [-0.2, -0.15) is 0 Å². The third kappa shape index (κ3) is 4.77. The summed E-state index contributed by atoms with van der Waals surface area (Å²) in [5.74, 6) is 1.21. The van der Waals surface area contributed by atoms with Crippen LogP contribution in [-0.2, 0) is 16.1 Å². The number of rotatable bonds is 8. The molecule has 1 saturated heterocycles. The second-order valence-corrected chi connectivity index (χ2v) is 9.40. The van der Waals surface area contributed by atoms with E-state index in [1.165, 1.54) is 11.8 Å². The fourth-order valence-corrected chi connectivity index (χ4v) is 5.18. The van der Waals surface area contributed by atoms with Gasteiger partial charge in [0, 0.05) is 18.3 Å². The Kier molecular flexibility index (Phi) is 6.86. The van der Waals surface area contributed by atoms with Crippen LogP contribution in [0.3, 0.4) is 0 Å². The molecule has 1 aliphatic rings. The Labute approximate surface area is 185 Å². The number of carbonyl (C=O) groups excluding carboxylic acids is 1. The number of nitrogens with zero attached hydrogens (tertiary/aromatic N) is 4. The first-order valence-electron chi connectivity index (χ1n) is 10.2. The van der Waals surface area contributed by atoms with Gasteiger partial charge < -0.3 is 9.64 Å². The summed E-state index contributed by atoms with van der Waals surface area (Å²) in [6.07, 6.45) is 2.30. The molecule has 0 saturated carbocycles. The number of para-hydroxylation sites is 1. The first kappa shape index (κ1) is 21.1. The quantitative estimate of drug-likeness (QED) is 0.473. The van der Waals surface area contributed by atoms with Crippen molar-refractivity contribution in [2.45, 2.75) is 50.5 Å². The number of carbonyl (C=O) groups is 1. The molecule has 1 aromatic carbocycles. The molecule has 6 nitrogen and oxygen atoms in total. The van der Waals surface area contributed by atoms with E-state index in [0.29, 0.717) is 12.3 Å². The molecule has 2 aromatic heterocycles. The van der Waals surface area contributed by atoms with Crippen molar-refractivity contribution in [3.8, 4) is 10.7 Å². The molecule has 158 valence electrons. The number of benzene rings is 1. The van der Waals surface area contributed by atoms with Crippen molar-refractivity contribution >= 4 is 34.7 Å². The van der Waals surface area contributed by atoms with Crippen molar-refractivity contribution in [1.29, 1.82) is 0 Å². The zero-order valence-corrected chi connectivity index (χ0v) is 18.9. The summed E-state index contributed by atoms with van der Waals surface area (Å²) in [6, 6.07) is 14.0. The zero-order chi connectivity index (χ0) is 20.9. The minimum atomic E-state index is 0.0607. The van der Waals surface area contributed by atoms with Crippen LogP contribution in [0.25, 0.3) is 10.7 Å². The molecule has 30 heavy (non-hydrogen) atoms. The number of thioether (sulfide) groups is 1. The SMILES string of the molecule is CC(C)N(C(=O)CSc1nnc(-c2cccs2)n1C[C@H]1CCCO1)c1ccccc1. The summed E-state index contributed by atoms with van der Waals surface area (Å²) >= 11 is 3.09. The number of hydrogen-bond donors (Lipinski definition) is 0. The van der Waals surface area contributed by atoms with Crippen molar-refractivity contribution in [3.05, 3.63) is 47.8 Å². The molecule has 1 amide bonds. The van der Waals surface area contributed by atoms with Gasteiger partial charge in [0.2, 0.25) is 5.91 Å². The van der Waals surface area contributed by atoms with Crippen molar-refractivity contribution in [2.75, 3.05) is 17.3 Å². The van der Waals surface area contributed by atoms with E-state index in [1.54, 1.807) is 11.3 Å². The van der Waals surface area contributed by atoms with Crippen LogP contribution in [0, 0.1) is 0 Å². The van der Waals surface area contributed by atoms with E-state index in [1.807, 2.05) is 60.5 Å². The highest BCUT2D eigenvalue weighted by atomic mass is 32.2. The molecule has 4 rings (SSSR count). The first-order chi connectivity index (χ1) is 14.6. The Morgan fingerprint density at radius 1 is 1.27 bits per heavy atom. The van der Waals surface area contributed by atoms with Gasteiger partial charge in [0.1, 0.15) is 0 Å². The van der Waals surface area contributed by atoms with Crippen molar-refractivity contribution < 1.29 is 9.53 Å². The Balaban J connectivity index is 1.53. The first-order valence-corrected chi connectivity index (χ1v) is 12.1. The summed E-state index contributed by atoms with van der Waals surface area (Å²) in [5.41, 5.74) is 0.915. The minimum Gasteiger partial charge on any atom is -0.376 e. The Bertz CT molecular complexity index is 951. The maximum atomic E-state index is 13.1. The van der Waals surface area contributed by atoms with Crippen LogP contribution in [0.4, 0.5) is 5.69 Å². The lowest BCUT2D eigenvalue weighted by atomic mass is 10.2. The third-order valence-electron chi connectivity index (χ3n) is 5.01. The monoisotopic (exact) mass is 442 g/mol. The van der Waals surface area contributed by atoms with Crippen molar-refractivity contribution in [2.24, 2.45) is 0 Å². The smallest absolute Gasteiger partial charge is 0.237 e. The number of hydrogen-bond acceptors (Lipinski definition) is 6. The highest BCUT2D eigenvalue weighted by Crippen LogP contribution is 2.29. The summed E-state index contributed by atoms with van der Waals surface area (Å²) in [7, 11) is 0. The predicted octanol–water partition coefficient (Wildman–Crippen LogP) is 4.72. The molecule has 0 bridgehead atoms. The van der Waals surface area contributed by atoms with Gasteiger partial charge in [0.25, 0.3) is 0 Å². The van der Waals surface area contributed by atoms with Crippen LogP contribution in [-0.4, -0.2) is 45.2 Å². The molecule has 1 atom stereocenters. The van der Waals surface area contributed by atoms with Crippen LogP contribution in [0.1, 0.15) is 26.7 Å². The predicted molar refractivity (Wildman–Crippen MR) is 122 cm³/mol. The van der Waals surface area contributed by atoms with E-state index in [2.05, 4.69) is 20.8 Å². The minimum absolute atomic E-state index is 0.0607. The normalized spacial score (nSPS) is 16.3. The topological polar surface area (TPSA) is 60.2 Å². The van der Waals surface area contributed by atoms with Gasteiger partial charge in [0.05, 0.1) is 23.3 Å². The lowest BCUT2D eigenvalue weighted by molar-refractivity contribution is -0.116. The molecule has 0 spiro atoms. The molecule has 3 heterocycles. The fraction of sp³-hybridized carbons (Fsp3) is 0.409. The highest BCUT2D eigenvalue weighted by molar-refractivity contribution is 7.99. The zero-order valence-electron chi connectivity index (χ0n) is 17.2. The van der Waals surface area contributed by atoms with Crippen LogP contribution in [0.2, 0.25) is 0 Å². The number of thiophene rings is 1. The summed E-state index contributed by atoms with van der Waals surface area (Å²) in [4.78, 5) is 16.0. The van der Waals surface area contributed by atoms with Crippen LogP contribution >= 0.6 is 23.1 Å². The van der Waals surface area contributed by atoms with Gasteiger partial charge in [-0.25, -0.2) is 0 Å². The number of ether oxygens (including phenoxy) is 1. The maximum absolute atomic E-state index is 13.1. The molecule has 0 unspecified atom stereocenters. The average Bonchev–Trinajstić information content (AvgIpc) is 3.50. The van der Waals surface area contributed by atoms with E-state index in [-0.39, 0.29) is 18.1 Å². The molecular weight excluding hydrogens is 416 g/mol. The second kappa shape index (κ2) is 9.76. The fourth-order valence-electron chi connectivity index (χ4n) is 3.65.